The maximum atomic E-state index is 12.0. The molecule has 0 atom stereocenters. The van der Waals surface area contributed by atoms with Gasteiger partial charge in [-0.25, -0.2) is 4.98 Å². The van der Waals surface area contributed by atoms with Crippen molar-refractivity contribution < 1.29 is 9.90 Å². The van der Waals surface area contributed by atoms with Crippen LogP contribution in [0.1, 0.15) is 44.9 Å². The molecule has 0 bridgehead atoms. The van der Waals surface area contributed by atoms with Crippen LogP contribution in [0.4, 0.5) is 11.8 Å². The second kappa shape index (κ2) is 7.62. The Morgan fingerprint density at radius 2 is 1.74 bits per heavy atom. The number of aromatic nitrogens is 2. The highest BCUT2D eigenvalue weighted by molar-refractivity contribution is 5.76. The predicted molar refractivity (Wildman–Crippen MR) is 105 cm³/mol. The first-order chi connectivity index (χ1) is 13.0. The summed E-state index contributed by atoms with van der Waals surface area (Å²) < 4.78 is 0. The van der Waals surface area contributed by atoms with Crippen LogP contribution >= 0.6 is 0 Å². The fourth-order valence-corrected chi connectivity index (χ4v) is 4.66. The van der Waals surface area contributed by atoms with Gasteiger partial charge in [0.25, 0.3) is 0 Å². The number of amides is 1. The lowest BCUT2D eigenvalue weighted by Gasteiger charge is -2.41. The van der Waals surface area contributed by atoms with Crippen molar-refractivity contribution in [3.63, 3.8) is 0 Å². The number of likely N-dealkylation sites (tertiary alicyclic amines) is 1. The van der Waals surface area contributed by atoms with E-state index in [1.165, 1.54) is 0 Å². The van der Waals surface area contributed by atoms with Gasteiger partial charge in [-0.3, -0.25) is 4.79 Å². The highest BCUT2D eigenvalue weighted by atomic mass is 16.3. The van der Waals surface area contributed by atoms with Gasteiger partial charge in [0.15, 0.2) is 0 Å². The van der Waals surface area contributed by atoms with E-state index in [0.29, 0.717) is 11.8 Å². The summed E-state index contributed by atoms with van der Waals surface area (Å²) in [5, 5.41) is 9.71. The number of piperidine rings is 2. The lowest BCUT2D eigenvalue weighted by Crippen LogP contribution is -2.41. The average molecular weight is 374 g/mol. The zero-order chi connectivity index (χ0) is 18.9. The van der Waals surface area contributed by atoms with Crippen molar-refractivity contribution in [2.24, 2.45) is 5.41 Å². The Labute approximate surface area is 161 Å². The Balaban J connectivity index is 1.40. The van der Waals surface area contributed by atoms with Crippen LogP contribution in [0, 0.1) is 5.41 Å². The maximum Gasteiger partial charge on any atom is 0.227 e. The molecule has 0 radical (unpaired) electrons. The minimum absolute atomic E-state index is 0.175. The first-order valence-electron chi connectivity index (χ1n) is 10.3. The van der Waals surface area contributed by atoms with Crippen LogP contribution in [0.2, 0.25) is 0 Å². The molecule has 0 unspecified atom stereocenters. The van der Waals surface area contributed by atoms with E-state index in [9.17, 15) is 9.90 Å². The van der Waals surface area contributed by atoms with Crippen LogP contribution in [0.25, 0.3) is 0 Å². The Kier molecular flexibility index (Phi) is 5.21. The Bertz CT molecular complexity index is 666. The van der Waals surface area contributed by atoms with E-state index in [2.05, 4.69) is 14.8 Å². The summed E-state index contributed by atoms with van der Waals surface area (Å²) in [6, 6.07) is 1.97. The molecule has 4 rings (SSSR count). The number of anilines is 2. The van der Waals surface area contributed by atoms with Gasteiger partial charge in [-0.15, -0.1) is 0 Å². The molecule has 3 fully saturated rings. The van der Waals surface area contributed by atoms with Crippen LogP contribution in [0.3, 0.4) is 0 Å². The Hall–Kier alpha value is -1.89. The summed E-state index contributed by atoms with van der Waals surface area (Å²) in [6.45, 7) is 4.50. The molecule has 1 amide bonds. The fourth-order valence-electron chi connectivity index (χ4n) is 4.66. The minimum Gasteiger partial charge on any atom is -0.393 e. The van der Waals surface area contributed by atoms with Crippen molar-refractivity contribution in [3.8, 4) is 0 Å². The van der Waals surface area contributed by atoms with E-state index in [1.54, 1.807) is 0 Å². The van der Waals surface area contributed by atoms with Crippen molar-refractivity contribution in [2.75, 3.05) is 49.6 Å². The Morgan fingerprint density at radius 3 is 2.48 bits per heavy atom. The summed E-state index contributed by atoms with van der Waals surface area (Å²) in [6.07, 6.45) is 8.31. The van der Waals surface area contributed by atoms with Gasteiger partial charge in [0.05, 0.1) is 6.10 Å². The summed E-state index contributed by atoms with van der Waals surface area (Å²) in [5.41, 5.74) is 0.303. The van der Waals surface area contributed by atoms with Crippen LogP contribution in [-0.2, 0) is 4.79 Å². The van der Waals surface area contributed by atoms with Crippen LogP contribution < -0.4 is 9.80 Å². The zero-order valence-corrected chi connectivity index (χ0v) is 16.3. The lowest BCUT2D eigenvalue weighted by molar-refractivity contribution is -0.129. The molecule has 1 aromatic heterocycles. The van der Waals surface area contributed by atoms with Crippen molar-refractivity contribution in [1.82, 2.24) is 14.9 Å². The fraction of sp³-hybridized carbons (Fsp3) is 0.750. The van der Waals surface area contributed by atoms with E-state index in [4.69, 9.17) is 4.98 Å². The predicted octanol–water partition coefficient (Wildman–Crippen LogP) is 1.67. The molecule has 1 aromatic rings. The third-order valence-electron chi connectivity index (χ3n) is 6.80. The number of hydrogen-bond acceptors (Lipinski definition) is 6. The van der Waals surface area contributed by atoms with Crippen molar-refractivity contribution >= 4 is 17.7 Å². The maximum absolute atomic E-state index is 12.0. The number of aliphatic hydroxyl groups is 1. The van der Waals surface area contributed by atoms with Gasteiger partial charge in [-0.2, -0.15) is 4.98 Å². The number of nitrogens with zero attached hydrogens (tertiary/aromatic N) is 5. The highest BCUT2D eigenvalue weighted by Gasteiger charge is 2.37. The largest absolute Gasteiger partial charge is 0.393 e. The number of carbonyl (C=O) groups is 1. The van der Waals surface area contributed by atoms with E-state index < -0.39 is 0 Å². The van der Waals surface area contributed by atoms with Crippen molar-refractivity contribution in [2.45, 2.75) is 51.0 Å². The van der Waals surface area contributed by atoms with Gasteiger partial charge in [0.1, 0.15) is 5.82 Å². The third-order valence-corrected chi connectivity index (χ3v) is 6.80. The van der Waals surface area contributed by atoms with Gasteiger partial charge in [0.2, 0.25) is 11.9 Å². The standard InChI is InChI=1S/C20H31N5O2/c1-23-13-7-20(6-2-18(23)27)8-14-25(15-9-20)19-21-10-3-17(22-19)24-11-4-16(26)5-12-24/h3,10,16,26H,2,4-9,11-15H2,1H3. The summed E-state index contributed by atoms with van der Waals surface area (Å²) in [7, 11) is 1.93. The van der Waals surface area contributed by atoms with Gasteiger partial charge in [-0.1, -0.05) is 0 Å². The molecule has 3 saturated heterocycles. The van der Waals surface area contributed by atoms with Gasteiger partial charge >= 0.3 is 0 Å². The Morgan fingerprint density at radius 1 is 1.04 bits per heavy atom. The van der Waals surface area contributed by atoms with Gasteiger partial charge in [-0.05, 0) is 50.0 Å². The normalized spacial score (nSPS) is 24.4. The molecule has 7 nitrogen and oxygen atoms in total. The molecular weight excluding hydrogens is 342 g/mol. The van der Waals surface area contributed by atoms with Crippen LogP contribution in [0.5, 0.6) is 0 Å². The van der Waals surface area contributed by atoms with Gasteiger partial charge < -0.3 is 19.8 Å². The monoisotopic (exact) mass is 373 g/mol. The van der Waals surface area contributed by atoms with E-state index in [-0.39, 0.29) is 12.0 Å². The molecule has 27 heavy (non-hydrogen) atoms. The molecule has 1 N–H and O–H groups in total. The SMILES string of the molecule is CN1CCC2(CCC1=O)CCN(c1nccc(N3CCC(O)CC3)n1)CC2. The van der Waals surface area contributed by atoms with Gasteiger partial charge in [0, 0.05) is 52.4 Å². The van der Waals surface area contributed by atoms with E-state index >= 15 is 0 Å². The third kappa shape index (κ3) is 4.03. The molecule has 0 aliphatic carbocycles. The average Bonchev–Trinajstić information content (AvgIpc) is 2.84. The van der Waals surface area contributed by atoms with E-state index in [0.717, 1.165) is 83.0 Å². The molecule has 3 aliphatic heterocycles. The number of hydrogen-bond donors (Lipinski definition) is 1. The smallest absolute Gasteiger partial charge is 0.227 e. The first kappa shape index (κ1) is 18.5. The number of rotatable bonds is 2. The molecule has 4 heterocycles. The second-order valence-corrected chi connectivity index (χ2v) is 8.49. The molecule has 0 saturated carbocycles. The molecule has 3 aliphatic rings. The number of aliphatic hydroxyl groups excluding tert-OH is 1. The molecule has 1 spiro atoms. The highest BCUT2D eigenvalue weighted by Crippen LogP contribution is 2.41. The number of carbonyl (C=O) groups excluding carboxylic acids is 1. The molecule has 148 valence electrons. The van der Waals surface area contributed by atoms with E-state index in [1.807, 2.05) is 24.2 Å². The summed E-state index contributed by atoms with van der Waals surface area (Å²) in [5.74, 6) is 2.07. The molecule has 0 aromatic carbocycles. The summed E-state index contributed by atoms with van der Waals surface area (Å²) >= 11 is 0. The summed E-state index contributed by atoms with van der Waals surface area (Å²) in [4.78, 5) is 27.8. The first-order valence-corrected chi connectivity index (χ1v) is 10.3. The zero-order valence-electron chi connectivity index (χ0n) is 16.3. The van der Waals surface area contributed by atoms with Crippen molar-refractivity contribution in [1.29, 1.82) is 0 Å². The molecule has 7 heteroatoms. The minimum atomic E-state index is -0.175. The quantitative estimate of drug-likeness (QED) is 0.850. The van der Waals surface area contributed by atoms with Crippen LogP contribution in [-0.4, -0.2) is 71.8 Å². The van der Waals surface area contributed by atoms with Crippen molar-refractivity contribution in [3.05, 3.63) is 12.3 Å². The second-order valence-electron chi connectivity index (χ2n) is 8.49. The topological polar surface area (TPSA) is 72.8 Å². The van der Waals surface area contributed by atoms with Crippen LogP contribution in [0.15, 0.2) is 12.3 Å². The lowest BCUT2D eigenvalue weighted by atomic mass is 9.73. The molecular formula is C20H31N5O2.